The van der Waals surface area contributed by atoms with Gasteiger partial charge in [0.1, 0.15) is 17.4 Å². The first kappa shape index (κ1) is 12.9. The average molecular weight is 249 g/mol. The lowest BCUT2D eigenvalue weighted by Gasteiger charge is -2.21. The van der Waals surface area contributed by atoms with Crippen LogP contribution in [0.2, 0.25) is 0 Å². The molecule has 4 nitrogen and oxygen atoms in total. The van der Waals surface area contributed by atoms with Crippen molar-refractivity contribution >= 4 is 5.97 Å². The van der Waals surface area contributed by atoms with E-state index < -0.39 is 5.54 Å². The van der Waals surface area contributed by atoms with Crippen molar-refractivity contribution in [1.82, 2.24) is 0 Å². The minimum atomic E-state index is -0.880. The maximum atomic E-state index is 11.8. The third-order valence-electron chi connectivity index (χ3n) is 3.23. The molecule has 1 aliphatic carbocycles. The summed E-state index contributed by atoms with van der Waals surface area (Å²) in [6.07, 6.45) is 1.90. The minimum absolute atomic E-state index is 0.0122. The Labute approximate surface area is 107 Å². The highest BCUT2D eigenvalue weighted by Gasteiger charge is 2.44. The summed E-state index contributed by atoms with van der Waals surface area (Å²) in [6, 6.07) is 9.59. The van der Waals surface area contributed by atoms with Crippen LogP contribution in [-0.4, -0.2) is 24.2 Å². The number of hydrogen-bond donors (Lipinski definition) is 1. The van der Waals surface area contributed by atoms with E-state index in [1.807, 2.05) is 30.3 Å². The van der Waals surface area contributed by atoms with Gasteiger partial charge in [-0.05, 0) is 31.9 Å². The fraction of sp³-hybridized carbons (Fsp3) is 0.500. The van der Waals surface area contributed by atoms with Crippen molar-refractivity contribution in [2.45, 2.75) is 37.8 Å². The number of esters is 1. The SMILES string of the molecule is CCOC(=O)C1(N)CCC(Oc2ccccc2)C1. The van der Waals surface area contributed by atoms with Gasteiger partial charge in [-0.15, -0.1) is 0 Å². The van der Waals surface area contributed by atoms with Gasteiger partial charge in [0, 0.05) is 6.42 Å². The van der Waals surface area contributed by atoms with Crippen molar-refractivity contribution in [3.63, 3.8) is 0 Å². The van der Waals surface area contributed by atoms with Crippen LogP contribution in [-0.2, 0) is 9.53 Å². The molecule has 2 unspecified atom stereocenters. The zero-order chi connectivity index (χ0) is 13.0. The van der Waals surface area contributed by atoms with Crippen molar-refractivity contribution in [1.29, 1.82) is 0 Å². The van der Waals surface area contributed by atoms with E-state index in [-0.39, 0.29) is 12.1 Å². The second kappa shape index (κ2) is 5.40. The summed E-state index contributed by atoms with van der Waals surface area (Å²) in [6.45, 7) is 2.15. The second-order valence-electron chi connectivity index (χ2n) is 4.67. The highest BCUT2D eigenvalue weighted by atomic mass is 16.5. The molecule has 0 radical (unpaired) electrons. The molecule has 1 aromatic rings. The standard InChI is InChI=1S/C14H19NO3/c1-2-17-13(16)14(15)9-8-12(10-14)18-11-6-4-3-5-7-11/h3-7,12H,2,8-10,15H2,1H3. The lowest BCUT2D eigenvalue weighted by atomic mass is 9.99. The summed E-state index contributed by atoms with van der Waals surface area (Å²) < 4.78 is 10.8. The highest BCUT2D eigenvalue weighted by Crippen LogP contribution is 2.31. The molecule has 0 aliphatic heterocycles. The first-order valence-electron chi connectivity index (χ1n) is 6.32. The van der Waals surface area contributed by atoms with Crippen LogP contribution in [0.5, 0.6) is 5.75 Å². The molecule has 2 atom stereocenters. The molecule has 2 N–H and O–H groups in total. The minimum Gasteiger partial charge on any atom is -0.490 e. The van der Waals surface area contributed by atoms with E-state index in [1.54, 1.807) is 6.92 Å². The van der Waals surface area contributed by atoms with Crippen LogP contribution >= 0.6 is 0 Å². The maximum absolute atomic E-state index is 11.8. The van der Waals surface area contributed by atoms with Crippen molar-refractivity contribution < 1.29 is 14.3 Å². The van der Waals surface area contributed by atoms with E-state index in [0.29, 0.717) is 19.4 Å². The molecule has 0 bridgehead atoms. The van der Waals surface area contributed by atoms with E-state index in [9.17, 15) is 4.79 Å². The first-order chi connectivity index (χ1) is 8.64. The molecule has 18 heavy (non-hydrogen) atoms. The Kier molecular flexibility index (Phi) is 3.87. The maximum Gasteiger partial charge on any atom is 0.326 e. The van der Waals surface area contributed by atoms with Gasteiger partial charge in [0.2, 0.25) is 0 Å². The van der Waals surface area contributed by atoms with Crippen LogP contribution < -0.4 is 10.5 Å². The second-order valence-corrected chi connectivity index (χ2v) is 4.67. The average Bonchev–Trinajstić information content (AvgIpc) is 2.74. The van der Waals surface area contributed by atoms with Crippen molar-refractivity contribution in [3.05, 3.63) is 30.3 Å². The number of rotatable bonds is 4. The van der Waals surface area contributed by atoms with Crippen molar-refractivity contribution in [3.8, 4) is 5.75 Å². The molecule has 0 aromatic heterocycles. The summed E-state index contributed by atoms with van der Waals surface area (Å²) >= 11 is 0. The largest absolute Gasteiger partial charge is 0.490 e. The third kappa shape index (κ3) is 2.82. The van der Waals surface area contributed by atoms with Crippen LogP contribution in [0.3, 0.4) is 0 Å². The number of benzene rings is 1. The molecule has 2 rings (SSSR count). The summed E-state index contributed by atoms with van der Waals surface area (Å²) in [5.74, 6) is 0.500. The Balaban J connectivity index is 1.94. The lowest BCUT2D eigenvalue weighted by Crippen LogP contribution is -2.47. The topological polar surface area (TPSA) is 61.5 Å². The van der Waals surface area contributed by atoms with Crippen LogP contribution in [0.15, 0.2) is 30.3 Å². The number of para-hydroxylation sites is 1. The molecular formula is C14H19NO3. The highest BCUT2D eigenvalue weighted by molar-refractivity contribution is 5.81. The Morgan fingerprint density at radius 2 is 2.17 bits per heavy atom. The van der Waals surface area contributed by atoms with Gasteiger partial charge in [0.25, 0.3) is 0 Å². The van der Waals surface area contributed by atoms with Crippen LogP contribution in [0.25, 0.3) is 0 Å². The third-order valence-corrected chi connectivity index (χ3v) is 3.23. The van der Waals surface area contributed by atoms with Gasteiger partial charge in [0.15, 0.2) is 0 Å². The number of carbonyl (C=O) groups is 1. The van der Waals surface area contributed by atoms with E-state index in [4.69, 9.17) is 15.2 Å². The predicted molar refractivity (Wildman–Crippen MR) is 68.3 cm³/mol. The molecular weight excluding hydrogens is 230 g/mol. The fourth-order valence-corrected chi connectivity index (χ4v) is 2.28. The zero-order valence-corrected chi connectivity index (χ0v) is 10.6. The smallest absolute Gasteiger partial charge is 0.326 e. The number of nitrogens with two attached hydrogens (primary N) is 1. The van der Waals surface area contributed by atoms with E-state index >= 15 is 0 Å². The van der Waals surface area contributed by atoms with Gasteiger partial charge in [-0.1, -0.05) is 18.2 Å². The number of hydrogen-bond acceptors (Lipinski definition) is 4. The van der Waals surface area contributed by atoms with Crippen LogP contribution in [0, 0.1) is 0 Å². The van der Waals surface area contributed by atoms with Gasteiger partial charge < -0.3 is 15.2 Å². The summed E-state index contributed by atoms with van der Waals surface area (Å²) in [7, 11) is 0. The summed E-state index contributed by atoms with van der Waals surface area (Å²) in [5, 5.41) is 0. The molecule has 4 heteroatoms. The predicted octanol–water partition coefficient (Wildman–Crippen LogP) is 1.88. The Bertz CT molecular complexity index is 407. The van der Waals surface area contributed by atoms with Gasteiger partial charge in [0.05, 0.1) is 6.61 Å². The molecule has 1 aromatic carbocycles. The van der Waals surface area contributed by atoms with Crippen LogP contribution in [0.4, 0.5) is 0 Å². The Morgan fingerprint density at radius 3 is 2.83 bits per heavy atom. The molecule has 1 aliphatic rings. The molecule has 0 heterocycles. The fourth-order valence-electron chi connectivity index (χ4n) is 2.28. The van der Waals surface area contributed by atoms with Gasteiger partial charge in [-0.3, -0.25) is 4.79 Å². The summed E-state index contributed by atoms with van der Waals surface area (Å²) in [4.78, 5) is 11.8. The van der Waals surface area contributed by atoms with Gasteiger partial charge in [-0.2, -0.15) is 0 Å². The summed E-state index contributed by atoms with van der Waals surface area (Å²) in [5.41, 5.74) is 5.20. The Morgan fingerprint density at radius 1 is 1.44 bits per heavy atom. The van der Waals surface area contributed by atoms with Gasteiger partial charge in [-0.25, -0.2) is 0 Å². The molecule has 1 fully saturated rings. The molecule has 0 amide bonds. The molecule has 98 valence electrons. The zero-order valence-electron chi connectivity index (χ0n) is 10.6. The molecule has 0 saturated heterocycles. The quantitative estimate of drug-likeness (QED) is 0.828. The first-order valence-corrected chi connectivity index (χ1v) is 6.32. The molecule has 1 saturated carbocycles. The van der Waals surface area contributed by atoms with Crippen LogP contribution in [0.1, 0.15) is 26.2 Å². The monoisotopic (exact) mass is 249 g/mol. The molecule has 0 spiro atoms. The van der Waals surface area contributed by atoms with Crippen molar-refractivity contribution in [2.24, 2.45) is 5.73 Å². The lowest BCUT2D eigenvalue weighted by molar-refractivity contribution is -0.149. The van der Waals surface area contributed by atoms with E-state index in [1.165, 1.54) is 0 Å². The van der Waals surface area contributed by atoms with Gasteiger partial charge >= 0.3 is 5.97 Å². The number of ether oxygens (including phenoxy) is 2. The van der Waals surface area contributed by atoms with E-state index in [2.05, 4.69) is 0 Å². The Hall–Kier alpha value is -1.55. The number of carbonyl (C=O) groups excluding carboxylic acids is 1. The van der Waals surface area contributed by atoms with Crippen molar-refractivity contribution in [2.75, 3.05) is 6.61 Å². The normalized spacial score (nSPS) is 26.9. The van der Waals surface area contributed by atoms with E-state index in [0.717, 1.165) is 12.2 Å².